The number of rotatable bonds is 12. The van der Waals surface area contributed by atoms with E-state index >= 15 is 0 Å². The molecule has 1 aromatic carbocycles. The number of nitrogens with zero attached hydrogens (tertiary/aromatic N) is 1. The predicted octanol–water partition coefficient (Wildman–Crippen LogP) is 2.49. The van der Waals surface area contributed by atoms with Gasteiger partial charge in [0.25, 0.3) is 0 Å². The molecule has 0 bridgehead atoms. The molecular formula is C25H39N3O5. The number of carboxylic acids is 1. The fraction of sp³-hybridized carbons (Fsp3) is 0.640. The van der Waals surface area contributed by atoms with E-state index in [-0.39, 0.29) is 5.91 Å². The van der Waals surface area contributed by atoms with Crippen LogP contribution < -0.4 is 11.1 Å². The standard InChI is InChI=1S/C25H39N3O5/c1-33-25(32)21(16-15-19-11-5-4-6-12-19)27-20(13-8-9-17-26)23(29)28-18-10-3-2-7-14-22(28)24(30)31/h4-6,11-12,20-22,27H,2-3,7-10,13-18,26H2,1H3,(H,30,31)/t20-,21?,22?/m0/s1. The van der Waals surface area contributed by atoms with Crippen molar-refractivity contribution in [3.8, 4) is 0 Å². The van der Waals surface area contributed by atoms with Crippen molar-refractivity contribution < 1.29 is 24.2 Å². The van der Waals surface area contributed by atoms with Crippen LogP contribution in [0, 0.1) is 0 Å². The zero-order valence-corrected chi connectivity index (χ0v) is 19.7. The first-order chi connectivity index (χ1) is 16.0. The van der Waals surface area contributed by atoms with E-state index in [9.17, 15) is 19.5 Å². The lowest BCUT2D eigenvalue weighted by Gasteiger charge is -2.35. The van der Waals surface area contributed by atoms with Gasteiger partial charge in [0.15, 0.2) is 0 Å². The minimum Gasteiger partial charge on any atom is -0.480 e. The number of benzene rings is 1. The van der Waals surface area contributed by atoms with E-state index in [2.05, 4.69) is 5.32 Å². The van der Waals surface area contributed by atoms with Gasteiger partial charge in [0.2, 0.25) is 5.91 Å². The Kier molecular flexibility index (Phi) is 11.9. The summed E-state index contributed by atoms with van der Waals surface area (Å²) in [5, 5.41) is 13.0. The normalized spacial score (nSPS) is 18.6. The molecule has 0 aromatic heterocycles. The average molecular weight is 462 g/mol. The average Bonchev–Trinajstić information content (AvgIpc) is 2.80. The molecule has 2 unspecified atom stereocenters. The summed E-state index contributed by atoms with van der Waals surface area (Å²) in [6.07, 6.45) is 7.03. The second-order valence-corrected chi connectivity index (χ2v) is 8.69. The smallest absolute Gasteiger partial charge is 0.326 e. The number of esters is 1. The van der Waals surface area contributed by atoms with E-state index in [0.717, 1.165) is 37.7 Å². The summed E-state index contributed by atoms with van der Waals surface area (Å²) in [5.74, 6) is -1.65. The van der Waals surface area contributed by atoms with Crippen LogP contribution in [0.5, 0.6) is 0 Å². The van der Waals surface area contributed by atoms with Gasteiger partial charge < -0.3 is 20.5 Å². The Hall–Kier alpha value is -2.45. The first kappa shape index (κ1) is 26.8. The van der Waals surface area contributed by atoms with Gasteiger partial charge in [-0.15, -0.1) is 0 Å². The molecule has 0 aliphatic carbocycles. The zero-order valence-electron chi connectivity index (χ0n) is 19.7. The van der Waals surface area contributed by atoms with E-state index in [4.69, 9.17) is 10.5 Å². The number of hydrogen-bond acceptors (Lipinski definition) is 6. The molecular weight excluding hydrogens is 422 g/mol. The Balaban J connectivity index is 2.19. The minimum absolute atomic E-state index is 0.255. The summed E-state index contributed by atoms with van der Waals surface area (Å²) >= 11 is 0. The number of aliphatic carboxylic acids is 1. The van der Waals surface area contributed by atoms with Gasteiger partial charge in [-0.25, -0.2) is 4.79 Å². The van der Waals surface area contributed by atoms with Crippen molar-refractivity contribution in [2.24, 2.45) is 5.73 Å². The van der Waals surface area contributed by atoms with Gasteiger partial charge in [-0.2, -0.15) is 0 Å². The quantitative estimate of drug-likeness (QED) is 0.323. The maximum Gasteiger partial charge on any atom is 0.326 e. The largest absolute Gasteiger partial charge is 0.480 e. The molecule has 184 valence electrons. The van der Waals surface area contributed by atoms with Crippen LogP contribution in [-0.4, -0.2) is 66.2 Å². The molecule has 0 saturated carbocycles. The summed E-state index contributed by atoms with van der Waals surface area (Å²) in [6, 6.07) is 7.65. The molecule has 3 atom stereocenters. The molecule has 0 spiro atoms. The maximum absolute atomic E-state index is 13.6. The number of amides is 1. The summed E-state index contributed by atoms with van der Waals surface area (Å²) in [5.41, 5.74) is 6.74. The third kappa shape index (κ3) is 8.78. The number of likely N-dealkylation sites (tertiary alicyclic amines) is 1. The first-order valence-corrected chi connectivity index (χ1v) is 12.1. The molecule has 1 aromatic rings. The number of unbranched alkanes of at least 4 members (excludes halogenated alkanes) is 1. The minimum atomic E-state index is -0.973. The van der Waals surface area contributed by atoms with Crippen LogP contribution in [0.25, 0.3) is 0 Å². The number of aryl methyl sites for hydroxylation is 1. The van der Waals surface area contributed by atoms with Crippen molar-refractivity contribution in [1.29, 1.82) is 0 Å². The van der Waals surface area contributed by atoms with E-state index in [1.54, 1.807) is 0 Å². The molecule has 1 aliphatic heterocycles. The van der Waals surface area contributed by atoms with Gasteiger partial charge in [0.1, 0.15) is 12.1 Å². The molecule has 1 amide bonds. The Morgan fingerprint density at radius 2 is 1.82 bits per heavy atom. The van der Waals surface area contributed by atoms with Gasteiger partial charge in [-0.05, 0) is 50.6 Å². The van der Waals surface area contributed by atoms with Gasteiger partial charge in [-0.1, -0.05) is 56.0 Å². The Morgan fingerprint density at radius 3 is 2.48 bits per heavy atom. The Morgan fingerprint density at radius 1 is 1.09 bits per heavy atom. The molecule has 1 aliphatic rings. The molecule has 2 rings (SSSR count). The van der Waals surface area contributed by atoms with Crippen molar-refractivity contribution >= 4 is 17.8 Å². The van der Waals surface area contributed by atoms with Crippen LogP contribution >= 0.6 is 0 Å². The molecule has 1 fully saturated rings. The number of hydrogen-bond donors (Lipinski definition) is 3. The summed E-state index contributed by atoms with van der Waals surface area (Å²) in [7, 11) is 1.34. The lowest BCUT2D eigenvalue weighted by Crippen LogP contribution is -2.56. The maximum atomic E-state index is 13.6. The lowest BCUT2D eigenvalue weighted by molar-refractivity contribution is -0.153. The monoisotopic (exact) mass is 461 g/mol. The molecule has 33 heavy (non-hydrogen) atoms. The van der Waals surface area contributed by atoms with Crippen LogP contribution in [0.1, 0.15) is 63.4 Å². The highest BCUT2D eigenvalue weighted by Crippen LogP contribution is 2.20. The number of nitrogens with one attached hydrogen (secondary N) is 1. The third-order valence-electron chi connectivity index (χ3n) is 6.27. The Bertz CT molecular complexity index is 743. The molecule has 4 N–H and O–H groups in total. The van der Waals surface area contributed by atoms with E-state index in [1.807, 2.05) is 30.3 Å². The molecule has 8 nitrogen and oxygen atoms in total. The second kappa shape index (κ2) is 14.6. The fourth-order valence-electron chi connectivity index (χ4n) is 4.39. The highest BCUT2D eigenvalue weighted by molar-refractivity contribution is 5.88. The van der Waals surface area contributed by atoms with E-state index < -0.39 is 30.1 Å². The highest BCUT2D eigenvalue weighted by Gasteiger charge is 2.35. The summed E-state index contributed by atoms with van der Waals surface area (Å²) in [6.45, 7) is 0.925. The van der Waals surface area contributed by atoms with Crippen LogP contribution in [0.15, 0.2) is 30.3 Å². The first-order valence-electron chi connectivity index (χ1n) is 12.1. The third-order valence-corrected chi connectivity index (χ3v) is 6.27. The van der Waals surface area contributed by atoms with Crippen molar-refractivity contribution in [3.63, 3.8) is 0 Å². The van der Waals surface area contributed by atoms with Gasteiger partial charge in [-0.3, -0.25) is 14.9 Å². The van der Waals surface area contributed by atoms with Gasteiger partial charge >= 0.3 is 11.9 Å². The zero-order chi connectivity index (χ0) is 24.1. The van der Waals surface area contributed by atoms with Crippen LogP contribution in [0.4, 0.5) is 0 Å². The molecule has 0 radical (unpaired) electrons. The Labute approximate surface area is 196 Å². The van der Waals surface area contributed by atoms with Crippen LogP contribution in [-0.2, 0) is 25.5 Å². The predicted molar refractivity (Wildman–Crippen MR) is 127 cm³/mol. The molecule has 8 heteroatoms. The molecule has 1 saturated heterocycles. The SMILES string of the molecule is COC(=O)C(CCc1ccccc1)N[C@@H](CCCCN)C(=O)N1CCCCCCC1C(=O)O. The van der Waals surface area contributed by atoms with Crippen molar-refractivity contribution in [2.45, 2.75) is 82.3 Å². The number of carbonyl (C=O) groups is 3. The van der Waals surface area contributed by atoms with Crippen molar-refractivity contribution in [2.75, 3.05) is 20.2 Å². The van der Waals surface area contributed by atoms with E-state index in [0.29, 0.717) is 45.2 Å². The summed E-state index contributed by atoms with van der Waals surface area (Å²) < 4.78 is 5.01. The number of nitrogens with two attached hydrogens (primary N) is 1. The van der Waals surface area contributed by atoms with Crippen LogP contribution in [0.3, 0.4) is 0 Å². The fourth-order valence-corrected chi connectivity index (χ4v) is 4.39. The number of carboxylic acid groups (broad SMARTS) is 1. The van der Waals surface area contributed by atoms with Gasteiger partial charge in [0.05, 0.1) is 13.2 Å². The van der Waals surface area contributed by atoms with Crippen LogP contribution in [0.2, 0.25) is 0 Å². The van der Waals surface area contributed by atoms with Gasteiger partial charge in [0, 0.05) is 6.54 Å². The number of carbonyl (C=O) groups excluding carboxylic acids is 2. The lowest BCUT2D eigenvalue weighted by atomic mass is 9.98. The molecule has 1 heterocycles. The van der Waals surface area contributed by atoms with Crippen molar-refractivity contribution in [3.05, 3.63) is 35.9 Å². The van der Waals surface area contributed by atoms with E-state index in [1.165, 1.54) is 12.0 Å². The van der Waals surface area contributed by atoms with Crippen molar-refractivity contribution in [1.82, 2.24) is 10.2 Å². The number of methoxy groups -OCH3 is 1. The topological polar surface area (TPSA) is 122 Å². The second-order valence-electron chi connectivity index (χ2n) is 8.69. The highest BCUT2D eigenvalue weighted by atomic mass is 16.5. The number of ether oxygens (including phenoxy) is 1. The summed E-state index contributed by atoms with van der Waals surface area (Å²) in [4.78, 5) is 39.6.